The molecule has 1 unspecified atom stereocenters. The molecule has 0 bridgehead atoms. The summed E-state index contributed by atoms with van der Waals surface area (Å²) in [4.78, 5) is 2.18. The Morgan fingerprint density at radius 1 is 1.38 bits per heavy atom. The second kappa shape index (κ2) is 5.58. The van der Waals surface area contributed by atoms with E-state index in [0.29, 0.717) is 0 Å². The molecule has 13 heavy (non-hydrogen) atoms. The maximum Gasteiger partial charge on any atom is 0.0672 e. The summed E-state index contributed by atoms with van der Waals surface area (Å²) in [6.45, 7) is 8.12. The topological polar surface area (TPSA) is 24.5 Å². The van der Waals surface area contributed by atoms with Crippen LogP contribution in [0.1, 0.15) is 20.8 Å². The number of hydrogen-bond acceptors (Lipinski definition) is 3. The molecule has 0 fully saturated rings. The van der Waals surface area contributed by atoms with E-state index in [0.717, 1.165) is 13.2 Å². The molecular formula is C10H24N2O. The molecule has 0 radical (unpaired) electrons. The fourth-order valence-corrected chi connectivity index (χ4v) is 0.822. The lowest BCUT2D eigenvalue weighted by atomic mass is 10.1. The van der Waals surface area contributed by atoms with Crippen molar-refractivity contribution >= 4 is 0 Å². The minimum absolute atomic E-state index is 0.113. The fourth-order valence-electron chi connectivity index (χ4n) is 0.822. The highest BCUT2D eigenvalue weighted by atomic mass is 16.5. The Labute approximate surface area is 82.4 Å². The third-order valence-corrected chi connectivity index (χ3v) is 2.42. The minimum atomic E-state index is 0.113. The molecule has 0 heterocycles. The number of nitrogens with zero attached hydrogens (tertiary/aromatic N) is 1. The zero-order chi connectivity index (χ0) is 10.5. The number of likely N-dealkylation sites (N-methyl/N-ethyl adjacent to an activating group) is 2. The van der Waals surface area contributed by atoms with Crippen LogP contribution >= 0.6 is 0 Å². The number of ether oxygens (including phenoxy) is 1. The monoisotopic (exact) mass is 188 g/mol. The lowest BCUT2D eigenvalue weighted by molar-refractivity contribution is -0.00235. The van der Waals surface area contributed by atoms with Crippen LogP contribution in [0.25, 0.3) is 0 Å². The van der Waals surface area contributed by atoms with Gasteiger partial charge < -0.3 is 15.0 Å². The maximum atomic E-state index is 5.70. The second-order valence-electron chi connectivity index (χ2n) is 4.39. The summed E-state index contributed by atoms with van der Waals surface area (Å²) in [6, 6.07) is 0. The molecule has 3 heteroatoms. The van der Waals surface area contributed by atoms with Crippen LogP contribution in [0.4, 0.5) is 0 Å². The van der Waals surface area contributed by atoms with Crippen molar-refractivity contribution in [2.24, 2.45) is 0 Å². The highest BCUT2D eigenvalue weighted by Crippen LogP contribution is 2.10. The van der Waals surface area contributed by atoms with Crippen LogP contribution in [0.2, 0.25) is 0 Å². The highest BCUT2D eigenvalue weighted by molar-refractivity contribution is 4.76. The van der Waals surface area contributed by atoms with Gasteiger partial charge in [-0.15, -0.1) is 0 Å². The minimum Gasteiger partial charge on any atom is -0.375 e. The van der Waals surface area contributed by atoms with Crippen molar-refractivity contribution in [1.82, 2.24) is 10.2 Å². The molecule has 3 nitrogen and oxygen atoms in total. The zero-order valence-corrected chi connectivity index (χ0v) is 9.85. The summed E-state index contributed by atoms with van der Waals surface area (Å²) >= 11 is 0. The van der Waals surface area contributed by atoms with E-state index in [9.17, 15) is 0 Å². The summed E-state index contributed by atoms with van der Waals surface area (Å²) in [5.74, 6) is 0. The van der Waals surface area contributed by atoms with Gasteiger partial charge in [-0.05, 0) is 41.9 Å². The van der Waals surface area contributed by atoms with Crippen LogP contribution in [0.5, 0.6) is 0 Å². The van der Waals surface area contributed by atoms with Gasteiger partial charge in [0.15, 0.2) is 0 Å². The fraction of sp³-hybridized carbons (Fsp3) is 1.00. The molecule has 0 rings (SSSR count). The van der Waals surface area contributed by atoms with Gasteiger partial charge in [0.05, 0.1) is 12.7 Å². The Bertz CT molecular complexity index is 135. The lowest BCUT2D eigenvalue weighted by Gasteiger charge is -2.33. The molecule has 0 saturated carbocycles. The third kappa shape index (κ3) is 5.24. The standard InChI is InChI=1S/C10H24N2O/c1-9(7-11-4)13-8-10(2,3)12(5)6/h9,11H,7-8H2,1-6H3. The molecule has 1 N–H and O–H groups in total. The molecule has 0 saturated heterocycles. The van der Waals surface area contributed by atoms with Crippen LogP contribution in [0.15, 0.2) is 0 Å². The first kappa shape index (κ1) is 12.9. The SMILES string of the molecule is CNCC(C)OCC(C)(C)N(C)C. The van der Waals surface area contributed by atoms with Gasteiger partial charge >= 0.3 is 0 Å². The summed E-state index contributed by atoms with van der Waals surface area (Å²) in [5, 5.41) is 3.09. The third-order valence-electron chi connectivity index (χ3n) is 2.42. The Kier molecular flexibility index (Phi) is 5.53. The molecule has 0 aromatic rings. The van der Waals surface area contributed by atoms with E-state index in [2.05, 4.69) is 45.1 Å². The predicted molar refractivity (Wildman–Crippen MR) is 57.1 cm³/mol. The van der Waals surface area contributed by atoms with Crippen molar-refractivity contribution in [2.45, 2.75) is 32.4 Å². The molecular weight excluding hydrogens is 164 g/mol. The Morgan fingerprint density at radius 2 is 1.92 bits per heavy atom. The van der Waals surface area contributed by atoms with E-state index < -0.39 is 0 Å². The Balaban J connectivity index is 3.74. The van der Waals surface area contributed by atoms with Gasteiger partial charge in [0.1, 0.15) is 0 Å². The quantitative estimate of drug-likeness (QED) is 0.671. The molecule has 0 spiro atoms. The average molecular weight is 188 g/mol. The second-order valence-corrected chi connectivity index (χ2v) is 4.39. The summed E-state index contributed by atoms with van der Waals surface area (Å²) in [5.41, 5.74) is 0.113. The number of rotatable bonds is 6. The van der Waals surface area contributed by atoms with Gasteiger partial charge in [-0.3, -0.25) is 0 Å². The van der Waals surface area contributed by atoms with Crippen LogP contribution in [-0.4, -0.2) is 50.8 Å². The van der Waals surface area contributed by atoms with Crippen LogP contribution in [0.3, 0.4) is 0 Å². The van der Waals surface area contributed by atoms with E-state index >= 15 is 0 Å². The molecule has 0 aliphatic rings. The van der Waals surface area contributed by atoms with Crippen molar-refractivity contribution in [3.05, 3.63) is 0 Å². The maximum absolute atomic E-state index is 5.70. The summed E-state index contributed by atoms with van der Waals surface area (Å²) < 4.78 is 5.70. The Hall–Kier alpha value is -0.120. The van der Waals surface area contributed by atoms with Gasteiger partial charge in [0.2, 0.25) is 0 Å². The summed E-state index contributed by atoms with van der Waals surface area (Å²) in [6.07, 6.45) is 0.282. The molecule has 0 aliphatic heterocycles. The van der Waals surface area contributed by atoms with Crippen molar-refractivity contribution in [3.8, 4) is 0 Å². The molecule has 0 amide bonds. The van der Waals surface area contributed by atoms with Crippen LogP contribution in [-0.2, 0) is 4.74 Å². The molecule has 1 atom stereocenters. The predicted octanol–water partition coefficient (Wildman–Crippen LogP) is 0.951. The van der Waals surface area contributed by atoms with Gasteiger partial charge in [-0.2, -0.15) is 0 Å². The molecule has 80 valence electrons. The van der Waals surface area contributed by atoms with E-state index in [4.69, 9.17) is 4.74 Å². The van der Waals surface area contributed by atoms with Gasteiger partial charge in [0.25, 0.3) is 0 Å². The lowest BCUT2D eigenvalue weighted by Crippen LogP contribution is -2.44. The van der Waals surface area contributed by atoms with Crippen molar-refractivity contribution in [3.63, 3.8) is 0 Å². The zero-order valence-electron chi connectivity index (χ0n) is 9.85. The Morgan fingerprint density at radius 3 is 2.31 bits per heavy atom. The van der Waals surface area contributed by atoms with Crippen molar-refractivity contribution < 1.29 is 4.74 Å². The number of hydrogen-bond donors (Lipinski definition) is 1. The number of nitrogens with one attached hydrogen (secondary N) is 1. The molecule has 0 aliphatic carbocycles. The van der Waals surface area contributed by atoms with Crippen molar-refractivity contribution in [1.29, 1.82) is 0 Å². The average Bonchev–Trinajstić information content (AvgIpc) is 2.01. The van der Waals surface area contributed by atoms with Crippen molar-refractivity contribution in [2.75, 3.05) is 34.3 Å². The normalized spacial score (nSPS) is 15.0. The largest absolute Gasteiger partial charge is 0.375 e. The van der Waals surface area contributed by atoms with Crippen LogP contribution < -0.4 is 5.32 Å². The van der Waals surface area contributed by atoms with Gasteiger partial charge in [0, 0.05) is 12.1 Å². The molecule has 0 aromatic carbocycles. The van der Waals surface area contributed by atoms with E-state index in [-0.39, 0.29) is 11.6 Å². The first-order valence-corrected chi connectivity index (χ1v) is 4.84. The van der Waals surface area contributed by atoms with Gasteiger partial charge in [-0.1, -0.05) is 0 Å². The smallest absolute Gasteiger partial charge is 0.0672 e. The summed E-state index contributed by atoms with van der Waals surface area (Å²) in [7, 11) is 6.09. The van der Waals surface area contributed by atoms with E-state index in [1.165, 1.54) is 0 Å². The highest BCUT2D eigenvalue weighted by Gasteiger charge is 2.21. The van der Waals surface area contributed by atoms with Crippen LogP contribution in [0, 0.1) is 0 Å². The first-order valence-electron chi connectivity index (χ1n) is 4.84. The van der Waals surface area contributed by atoms with E-state index in [1.54, 1.807) is 0 Å². The molecule has 0 aromatic heterocycles. The first-order chi connectivity index (χ1) is 5.90. The van der Waals surface area contributed by atoms with E-state index in [1.807, 2.05) is 7.05 Å². The van der Waals surface area contributed by atoms with Gasteiger partial charge in [-0.25, -0.2) is 0 Å².